The molecule has 0 amide bonds. The molecule has 2 nitrogen and oxygen atoms in total. The Bertz CT molecular complexity index is 434. The second-order valence-electron chi connectivity index (χ2n) is 2.50. The lowest BCUT2D eigenvalue weighted by atomic mass is 10.2. The summed E-state index contributed by atoms with van der Waals surface area (Å²) in [6.07, 6.45) is 1.35. The first-order valence-corrected chi connectivity index (χ1v) is 3.37. The van der Waals surface area contributed by atoms with Crippen LogP contribution in [0.2, 0.25) is 0 Å². The molecule has 0 spiro atoms. The van der Waals surface area contributed by atoms with Crippen LogP contribution in [0, 0.1) is 17.7 Å². The Hall–Kier alpha value is -1.45. The molecule has 0 aliphatic carbocycles. The van der Waals surface area contributed by atoms with Gasteiger partial charge in [-0.2, -0.15) is 5.10 Å². The van der Waals surface area contributed by atoms with Crippen LogP contribution >= 0.6 is 0 Å². The maximum absolute atomic E-state index is 12.9. The van der Waals surface area contributed by atoms with E-state index in [-0.39, 0.29) is 0 Å². The fourth-order valence-corrected chi connectivity index (χ4v) is 1.12. The zero-order valence-electron chi connectivity index (χ0n) is 6.31. The van der Waals surface area contributed by atoms with Gasteiger partial charge < -0.3 is 0 Å². The summed E-state index contributed by atoms with van der Waals surface area (Å²) < 4.78 is 26.9. The van der Waals surface area contributed by atoms with Crippen molar-refractivity contribution in [3.63, 3.8) is 0 Å². The fourth-order valence-electron chi connectivity index (χ4n) is 1.12. The molecule has 0 N–H and O–H groups in total. The third-order valence-electron chi connectivity index (χ3n) is 1.71. The van der Waals surface area contributed by atoms with Gasteiger partial charge in [0.05, 0.1) is 23.2 Å². The van der Waals surface area contributed by atoms with E-state index < -0.39 is 11.6 Å². The lowest BCUT2D eigenvalue weighted by molar-refractivity contribution is 0.587. The topological polar surface area (TPSA) is 17.8 Å². The normalized spacial score (nSPS) is 10.9. The summed E-state index contributed by atoms with van der Waals surface area (Å²) in [4.78, 5) is 0. The Labute approximate surface area is 67.4 Å². The number of rotatable bonds is 0. The van der Waals surface area contributed by atoms with Crippen molar-refractivity contribution >= 4 is 10.9 Å². The molecule has 0 unspecified atom stereocenters. The van der Waals surface area contributed by atoms with Crippen LogP contribution in [0.25, 0.3) is 10.9 Å². The Morgan fingerprint density at radius 1 is 1.50 bits per heavy atom. The van der Waals surface area contributed by atoms with Crippen molar-refractivity contribution in [3.05, 3.63) is 30.0 Å². The predicted octanol–water partition coefficient (Wildman–Crippen LogP) is 1.65. The van der Waals surface area contributed by atoms with E-state index in [1.165, 1.54) is 16.9 Å². The minimum absolute atomic E-state index is 0.291. The molecular formula is C8H5F2N2. The highest BCUT2D eigenvalue weighted by molar-refractivity contribution is 5.78. The molecule has 1 radical (unpaired) electrons. The quantitative estimate of drug-likeness (QED) is 0.583. The largest absolute Gasteiger partial charge is 0.268 e. The molecule has 1 aromatic carbocycles. The van der Waals surface area contributed by atoms with E-state index in [2.05, 4.69) is 5.10 Å². The van der Waals surface area contributed by atoms with Crippen molar-refractivity contribution in [1.29, 1.82) is 0 Å². The Balaban J connectivity index is 2.92. The van der Waals surface area contributed by atoms with Gasteiger partial charge in [-0.05, 0) is 0 Å². The highest BCUT2D eigenvalue weighted by Gasteiger charge is 2.07. The summed E-state index contributed by atoms with van der Waals surface area (Å²) in [5.41, 5.74) is 0.434. The number of benzene rings is 1. The van der Waals surface area contributed by atoms with E-state index >= 15 is 0 Å². The zero-order valence-corrected chi connectivity index (χ0v) is 6.31. The number of hydrogen-bond donors (Lipinski definition) is 0. The minimum atomic E-state index is -0.705. The molecule has 0 fully saturated rings. The van der Waals surface area contributed by atoms with Gasteiger partial charge in [-0.15, -0.1) is 0 Å². The van der Waals surface area contributed by atoms with E-state index in [4.69, 9.17) is 0 Å². The second kappa shape index (κ2) is 2.27. The maximum atomic E-state index is 12.9. The van der Waals surface area contributed by atoms with Crippen molar-refractivity contribution in [2.75, 3.05) is 0 Å². The number of aryl methyl sites for hydroxylation is 1. The molecular weight excluding hydrogens is 162 g/mol. The minimum Gasteiger partial charge on any atom is -0.268 e. The van der Waals surface area contributed by atoms with E-state index in [0.717, 1.165) is 0 Å². The van der Waals surface area contributed by atoms with Crippen molar-refractivity contribution in [2.24, 2.45) is 7.05 Å². The molecule has 1 aromatic heterocycles. The monoisotopic (exact) mass is 167 g/mol. The van der Waals surface area contributed by atoms with Gasteiger partial charge in [-0.3, -0.25) is 4.68 Å². The number of nitrogens with zero attached hydrogens (tertiary/aromatic N) is 2. The highest BCUT2D eigenvalue weighted by Crippen LogP contribution is 2.17. The summed E-state index contributed by atoms with van der Waals surface area (Å²) in [5.74, 6) is -1.40. The highest BCUT2D eigenvalue weighted by atomic mass is 19.1. The lowest BCUT2D eigenvalue weighted by Gasteiger charge is -1.94. The first kappa shape index (κ1) is 7.21. The maximum Gasteiger partial charge on any atom is 0.145 e. The Morgan fingerprint density at radius 2 is 2.25 bits per heavy atom. The van der Waals surface area contributed by atoms with Gasteiger partial charge in [0.2, 0.25) is 0 Å². The lowest BCUT2D eigenvalue weighted by Crippen LogP contribution is -1.90. The Morgan fingerprint density at radius 3 is 3.00 bits per heavy atom. The fraction of sp³-hybridized carbons (Fsp3) is 0.125. The molecule has 61 valence electrons. The van der Waals surface area contributed by atoms with Gasteiger partial charge in [-0.25, -0.2) is 8.78 Å². The van der Waals surface area contributed by atoms with Crippen LogP contribution in [-0.2, 0) is 7.05 Å². The second-order valence-corrected chi connectivity index (χ2v) is 2.50. The van der Waals surface area contributed by atoms with E-state index in [9.17, 15) is 8.78 Å². The molecule has 0 atom stereocenters. The predicted molar refractivity (Wildman–Crippen MR) is 39.5 cm³/mol. The third kappa shape index (κ3) is 0.879. The molecule has 12 heavy (non-hydrogen) atoms. The number of fused-ring (bicyclic) bond motifs is 1. The molecule has 0 saturated carbocycles. The Kier molecular flexibility index (Phi) is 1.36. The van der Waals surface area contributed by atoms with E-state index in [1.54, 1.807) is 7.05 Å². The summed E-state index contributed by atoms with van der Waals surface area (Å²) >= 11 is 0. The van der Waals surface area contributed by atoms with Crippen molar-refractivity contribution in [1.82, 2.24) is 9.78 Å². The van der Waals surface area contributed by atoms with E-state index in [0.29, 0.717) is 10.9 Å². The summed E-state index contributed by atoms with van der Waals surface area (Å²) in [7, 11) is 1.63. The molecule has 0 aliphatic heterocycles. The van der Waals surface area contributed by atoms with Crippen molar-refractivity contribution in [2.45, 2.75) is 0 Å². The molecule has 2 aromatic rings. The van der Waals surface area contributed by atoms with Crippen LogP contribution in [0.15, 0.2) is 12.3 Å². The van der Waals surface area contributed by atoms with Crippen LogP contribution in [0.4, 0.5) is 8.78 Å². The summed E-state index contributed by atoms with van der Waals surface area (Å²) in [6, 6.07) is 3.14. The van der Waals surface area contributed by atoms with Crippen molar-refractivity contribution < 1.29 is 8.78 Å². The van der Waals surface area contributed by atoms with Gasteiger partial charge in [0.25, 0.3) is 0 Å². The average Bonchev–Trinajstić information content (AvgIpc) is 2.33. The van der Waals surface area contributed by atoms with Gasteiger partial charge in [0.1, 0.15) is 11.6 Å². The van der Waals surface area contributed by atoms with Gasteiger partial charge in [0.15, 0.2) is 0 Å². The molecule has 2 rings (SSSR count). The van der Waals surface area contributed by atoms with Crippen LogP contribution in [0.3, 0.4) is 0 Å². The number of aromatic nitrogens is 2. The number of hydrogen-bond acceptors (Lipinski definition) is 1. The van der Waals surface area contributed by atoms with Crippen LogP contribution in [0.1, 0.15) is 0 Å². The van der Waals surface area contributed by atoms with Crippen LogP contribution < -0.4 is 0 Å². The first-order chi connectivity index (χ1) is 5.68. The van der Waals surface area contributed by atoms with Gasteiger partial charge in [0, 0.05) is 13.1 Å². The molecule has 0 aliphatic rings. The molecule has 1 heterocycles. The number of halogens is 2. The average molecular weight is 167 g/mol. The molecule has 0 bridgehead atoms. The summed E-state index contributed by atoms with van der Waals surface area (Å²) in [6.45, 7) is 0. The molecule has 0 saturated heterocycles. The molecule has 4 heteroatoms. The van der Waals surface area contributed by atoms with Crippen LogP contribution in [0.5, 0.6) is 0 Å². The smallest absolute Gasteiger partial charge is 0.145 e. The van der Waals surface area contributed by atoms with Crippen molar-refractivity contribution in [3.8, 4) is 0 Å². The standard InChI is InChI=1S/C8H5F2N2/c1-12-8-3-5(9)2-7(10)6(8)4-11-12/h3-4H,1H3. The van der Waals surface area contributed by atoms with Gasteiger partial charge >= 0.3 is 0 Å². The summed E-state index contributed by atoms with van der Waals surface area (Å²) in [5, 5.41) is 4.08. The zero-order chi connectivity index (χ0) is 8.72. The first-order valence-electron chi connectivity index (χ1n) is 3.37. The van der Waals surface area contributed by atoms with E-state index in [1.807, 2.05) is 6.07 Å². The third-order valence-corrected chi connectivity index (χ3v) is 1.71. The van der Waals surface area contributed by atoms with Crippen LogP contribution in [-0.4, -0.2) is 9.78 Å². The van der Waals surface area contributed by atoms with Gasteiger partial charge in [-0.1, -0.05) is 0 Å². The SMILES string of the molecule is Cn1ncc2c(F)[c]c(F)cc21.